The van der Waals surface area contributed by atoms with Crippen molar-refractivity contribution in [3.8, 4) is 0 Å². The number of nitrogens with one attached hydrogen (secondary N) is 1. The maximum Gasteiger partial charge on any atom is 0.337 e. The lowest BCUT2D eigenvalue weighted by atomic mass is 10.0. The summed E-state index contributed by atoms with van der Waals surface area (Å²) >= 11 is 0. The lowest BCUT2D eigenvalue weighted by Gasteiger charge is -2.22. The molecule has 3 heterocycles. The molecule has 0 radical (unpaired) electrons. The lowest BCUT2D eigenvalue weighted by Crippen LogP contribution is -2.20. The Morgan fingerprint density at radius 3 is 2.51 bits per heavy atom. The number of carboxylic acids is 1. The van der Waals surface area contributed by atoms with E-state index in [0.717, 1.165) is 46.7 Å². The summed E-state index contributed by atoms with van der Waals surface area (Å²) in [6, 6.07) is 19.5. The largest absolute Gasteiger partial charge is 0.478 e. The second kappa shape index (κ2) is 8.13. The van der Waals surface area contributed by atoms with Crippen LogP contribution in [0.3, 0.4) is 0 Å². The van der Waals surface area contributed by atoms with Crippen molar-refractivity contribution in [2.45, 2.75) is 33.0 Å². The van der Waals surface area contributed by atoms with Crippen molar-refractivity contribution in [2.24, 2.45) is 0 Å². The molecule has 1 atom stereocenters. The SMILES string of the molecule is Cc1cc(C(C)Nc2ccccc2C(=O)O)c2nc(N3Cc4ccccc4C3)n3ccnc3c2c1. The normalized spacial score (nSPS) is 13.8. The molecule has 7 nitrogen and oxygen atoms in total. The Hall–Kier alpha value is -4.39. The highest BCUT2D eigenvalue weighted by molar-refractivity contribution is 5.96. The van der Waals surface area contributed by atoms with Gasteiger partial charge in [-0.05, 0) is 48.7 Å². The molecular formula is C28H25N5O2. The predicted molar refractivity (Wildman–Crippen MR) is 137 cm³/mol. The quantitative estimate of drug-likeness (QED) is 0.354. The molecule has 1 aliphatic rings. The zero-order valence-electron chi connectivity index (χ0n) is 19.6. The van der Waals surface area contributed by atoms with Crippen molar-refractivity contribution in [3.05, 3.63) is 101 Å². The molecule has 1 unspecified atom stereocenters. The smallest absolute Gasteiger partial charge is 0.337 e. The maximum atomic E-state index is 11.7. The Morgan fingerprint density at radius 2 is 1.77 bits per heavy atom. The molecular weight excluding hydrogens is 438 g/mol. The summed E-state index contributed by atoms with van der Waals surface area (Å²) in [5.41, 5.74) is 7.29. The minimum atomic E-state index is -0.956. The minimum absolute atomic E-state index is 0.175. The van der Waals surface area contributed by atoms with Crippen LogP contribution >= 0.6 is 0 Å². The van der Waals surface area contributed by atoms with Gasteiger partial charge in [-0.25, -0.2) is 14.8 Å². The van der Waals surface area contributed by atoms with Crippen LogP contribution in [0.25, 0.3) is 16.6 Å². The van der Waals surface area contributed by atoms with E-state index in [2.05, 4.69) is 62.9 Å². The number of benzene rings is 3. The van der Waals surface area contributed by atoms with Gasteiger partial charge in [0.1, 0.15) is 5.65 Å². The van der Waals surface area contributed by atoms with E-state index in [9.17, 15) is 9.90 Å². The van der Waals surface area contributed by atoms with Crippen LogP contribution in [0.1, 0.15) is 45.6 Å². The first-order chi connectivity index (χ1) is 17.0. The number of nitrogens with zero attached hydrogens (tertiary/aromatic N) is 4. The number of carboxylic acid groups (broad SMARTS) is 1. The number of hydrogen-bond donors (Lipinski definition) is 2. The molecule has 0 spiro atoms. The summed E-state index contributed by atoms with van der Waals surface area (Å²) < 4.78 is 2.06. The molecule has 7 heteroatoms. The first-order valence-electron chi connectivity index (χ1n) is 11.7. The van der Waals surface area contributed by atoms with Gasteiger partial charge in [0.2, 0.25) is 5.95 Å². The summed E-state index contributed by atoms with van der Waals surface area (Å²) in [5.74, 6) is -0.105. The average Bonchev–Trinajstić information content (AvgIpc) is 3.51. The van der Waals surface area contributed by atoms with Gasteiger partial charge in [-0.15, -0.1) is 0 Å². The van der Waals surface area contributed by atoms with Crippen LogP contribution in [-0.4, -0.2) is 25.4 Å². The molecule has 0 amide bonds. The van der Waals surface area contributed by atoms with Gasteiger partial charge >= 0.3 is 5.97 Å². The van der Waals surface area contributed by atoms with E-state index in [4.69, 9.17) is 4.98 Å². The molecule has 1 aliphatic heterocycles. The number of imidazole rings is 1. The average molecular weight is 464 g/mol. The molecule has 2 aromatic heterocycles. The standard InChI is InChI=1S/C28H25N5O2/c1-17-13-22(18(2)30-24-10-6-5-9-21(24)27(34)35)25-23(14-17)26-29-11-12-33(26)28(31-25)32-15-19-7-3-4-8-20(19)16-32/h3-14,18,30H,15-16H2,1-2H3,(H,34,35). The monoisotopic (exact) mass is 463 g/mol. The van der Waals surface area contributed by atoms with E-state index in [1.807, 2.05) is 25.4 Å². The second-order valence-electron chi connectivity index (χ2n) is 9.12. The fourth-order valence-corrected chi connectivity index (χ4v) is 5.05. The highest BCUT2D eigenvalue weighted by Gasteiger charge is 2.24. The van der Waals surface area contributed by atoms with Crippen LogP contribution < -0.4 is 10.2 Å². The Labute approximate surface area is 202 Å². The molecule has 0 aliphatic carbocycles. The fourth-order valence-electron chi connectivity index (χ4n) is 5.05. The molecule has 0 bridgehead atoms. The van der Waals surface area contributed by atoms with Crippen LogP contribution in [0.4, 0.5) is 11.6 Å². The van der Waals surface area contributed by atoms with E-state index < -0.39 is 5.97 Å². The zero-order valence-corrected chi connectivity index (χ0v) is 19.6. The molecule has 5 aromatic rings. The van der Waals surface area contributed by atoms with Crippen LogP contribution in [0.15, 0.2) is 73.1 Å². The molecule has 0 saturated carbocycles. The molecule has 35 heavy (non-hydrogen) atoms. The number of aryl methyl sites for hydroxylation is 1. The number of carbonyl (C=O) groups is 1. The van der Waals surface area contributed by atoms with Gasteiger partial charge < -0.3 is 15.3 Å². The van der Waals surface area contributed by atoms with Crippen LogP contribution in [0, 0.1) is 6.92 Å². The Balaban J connectivity index is 1.49. The van der Waals surface area contributed by atoms with Crippen molar-refractivity contribution in [1.82, 2.24) is 14.4 Å². The Morgan fingerprint density at radius 1 is 1.06 bits per heavy atom. The van der Waals surface area contributed by atoms with E-state index >= 15 is 0 Å². The van der Waals surface area contributed by atoms with Gasteiger partial charge in [0.15, 0.2) is 0 Å². The number of rotatable bonds is 5. The summed E-state index contributed by atoms with van der Waals surface area (Å²) in [6.45, 7) is 5.69. The number of aromatic carboxylic acids is 1. The van der Waals surface area contributed by atoms with Gasteiger partial charge in [0.25, 0.3) is 0 Å². The van der Waals surface area contributed by atoms with Crippen LogP contribution in [0.5, 0.6) is 0 Å². The first kappa shape index (κ1) is 21.2. The van der Waals surface area contributed by atoms with E-state index in [-0.39, 0.29) is 11.6 Å². The van der Waals surface area contributed by atoms with Crippen LogP contribution in [-0.2, 0) is 13.1 Å². The lowest BCUT2D eigenvalue weighted by molar-refractivity contribution is 0.0698. The third-order valence-electron chi connectivity index (χ3n) is 6.71. The van der Waals surface area contributed by atoms with E-state index in [1.165, 1.54) is 11.1 Å². The number of para-hydroxylation sites is 1. The van der Waals surface area contributed by atoms with E-state index in [0.29, 0.717) is 5.69 Å². The summed E-state index contributed by atoms with van der Waals surface area (Å²) in [5, 5.41) is 14.0. The van der Waals surface area contributed by atoms with Gasteiger partial charge in [0.05, 0.1) is 17.1 Å². The maximum absolute atomic E-state index is 11.7. The van der Waals surface area contributed by atoms with Crippen molar-refractivity contribution in [2.75, 3.05) is 10.2 Å². The van der Waals surface area contributed by atoms with Crippen molar-refractivity contribution in [1.29, 1.82) is 0 Å². The predicted octanol–water partition coefficient (Wildman–Crippen LogP) is 5.58. The fraction of sp³-hybridized carbons (Fsp3) is 0.179. The van der Waals surface area contributed by atoms with Crippen molar-refractivity contribution >= 4 is 34.2 Å². The van der Waals surface area contributed by atoms with Gasteiger partial charge in [0, 0.05) is 42.1 Å². The highest BCUT2D eigenvalue weighted by Crippen LogP contribution is 2.34. The molecule has 0 fully saturated rings. The molecule has 2 N–H and O–H groups in total. The molecule has 174 valence electrons. The number of aromatic nitrogens is 3. The van der Waals surface area contributed by atoms with Crippen molar-refractivity contribution in [3.63, 3.8) is 0 Å². The van der Waals surface area contributed by atoms with Gasteiger partial charge in [-0.3, -0.25) is 4.40 Å². The zero-order chi connectivity index (χ0) is 24.1. The summed E-state index contributed by atoms with van der Waals surface area (Å²) in [4.78, 5) is 23.9. The topological polar surface area (TPSA) is 82.8 Å². The highest BCUT2D eigenvalue weighted by atomic mass is 16.4. The Kier molecular flexibility index (Phi) is 4.91. The minimum Gasteiger partial charge on any atom is -0.478 e. The van der Waals surface area contributed by atoms with Gasteiger partial charge in [-0.1, -0.05) is 42.5 Å². The number of hydrogen-bond acceptors (Lipinski definition) is 5. The molecule has 3 aromatic carbocycles. The summed E-state index contributed by atoms with van der Waals surface area (Å²) in [7, 11) is 0. The third kappa shape index (κ3) is 3.56. The van der Waals surface area contributed by atoms with Crippen molar-refractivity contribution < 1.29 is 9.90 Å². The summed E-state index contributed by atoms with van der Waals surface area (Å²) in [6.07, 6.45) is 3.78. The van der Waals surface area contributed by atoms with Crippen LogP contribution in [0.2, 0.25) is 0 Å². The number of fused-ring (bicyclic) bond motifs is 4. The molecule has 0 saturated heterocycles. The second-order valence-corrected chi connectivity index (χ2v) is 9.12. The number of anilines is 2. The molecule has 6 rings (SSSR count). The Bertz CT molecular complexity index is 1580. The van der Waals surface area contributed by atoms with Gasteiger partial charge in [-0.2, -0.15) is 0 Å². The first-order valence-corrected chi connectivity index (χ1v) is 11.7. The third-order valence-corrected chi connectivity index (χ3v) is 6.71. The van der Waals surface area contributed by atoms with E-state index in [1.54, 1.807) is 18.2 Å².